The number of anilines is 2. The summed E-state index contributed by atoms with van der Waals surface area (Å²) < 4.78 is 27.7. The zero-order valence-corrected chi connectivity index (χ0v) is 21.6. The molecule has 13 heteroatoms. The van der Waals surface area contributed by atoms with Crippen LogP contribution in [0.3, 0.4) is 0 Å². The number of hydrogen-bond acceptors (Lipinski definition) is 9. The standard InChI is InChI=1S/C26H24N6O6S/c1-16(17-3-5-18(6-4-17)19-7-12-23(33)22(15-19)25(34)27-2)29-26-28-14-13-24(30-26)31-39(37,38)21-10-8-20(9-11-21)32(35)36/h3-16,33H,1-2H3,(H,27,34)(H2,28,29,30,31)/t16-/m0/s1. The SMILES string of the molecule is CNC(=O)c1cc(-c2ccc([C@H](C)Nc3nccc(NS(=O)(=O)c4ccc([N+](=O)[O-])cc4)n3)cc2)ccc1O. The molecular formula is C26H24N6O6S. The summed E-state index contributed by atoms with van der Waals surface area (Å²) in [7, 11) is -2.54. The Morgan fingerprint density at radius 3 is 2.31 bits per heavy atom. The first-order chi connectivity index (χ1) is 18.6. The second-order valence-corrected chi connectivity index (χ2v) is 10.1. The lowest BCUT2D eigenvalue weighted by atomic mass is 9.99. The Kier molecular flexibility index (Phi) is 7.72. The zero-order valence-electron chi connectivity index (χ0n) is 20.8. The van der Waals surface area contributed by atoms with Gasteiger partial charge in [0.25, 0.3) is 21.6 Å². The Bertz CT molecular complexity index is 1630. The van der Waals surface area contributed by atoms with Crippen LogP contribution in [-0.2, 0) is 10.0 Å². The number of phenols is 1. The highest BCUT2D eigenvalue weighted by molar-refractivity contribution is 7.92. The Hall–Kier alpha value is -5.04. The molecule has 0 aliphatic carbocycles. The van der Waals surface area contributed by atoms with E-state index in [1.807, 2.05) is 31.2 Å². The molecular weight excluding hydrogens is 524 g/mol. The summed E-state index contributed by atoms with van der Waals surface area (Å²) >= 11 is 0. The molecule has 0 fully saturated rings. The van der Waals surface area contributed by atoms with Crippen molar-refractivity contribution in [3.05, 3.63) is 100 Å². The van der Waals surface area contributed by atoms with Crippen LogP contribution in [0.25, 0.3) is 11.1 Å². The molecule has 1 atom stereocenters. The van der Waals surface area contributed by atoms with Gasteiger partial charge in [0.1, 0.15) is 11.6 Å². The van der Waals surface area contributed by atoms with Gasteiger partial charge in [0.15, 0.2) is 0 Å². The number of amides is 1. The summed E-state index contributed by atoms with van der Waals surface area (Å²) in [5.74, 6) is -0.289. The van der Waals surface area contributed by atoms with Crippen LogP contribution in [-0.4, -0.2) is 41.4 Å². The van der Waals surface area contributed by atoms with Crippen LogP contribution in [0.5, 0.6) is 5.75 Å². The van der Waals surface area contributed by atoms with Gasteiger partial charge in [-0.2, -0.15) is 4.98 Å². The molecule has 1 amide bonds. The zero-order chi connectivity index (χ0) is 28.2. The Balaban J connectivity index is 1.46. The Morgan fingerprint density at radius 2 is 1.67 bits per heavy atom. The van der Waals surface area contributed by atoms with Crippen molar-refractivity contribution in [3.63, 3.8) is 0 Å². The van der Waals surface area contributed by atoms with E-state index in [1.54, 1.807) is 12.1 Å². The normalized spacial score (nSPS) is 11.8. The molecule has 0 saturated heterocycles. The van der Waals surface area contributed by atoms with Crippen molar-refractivity contribution in [1.82, 2.24) is 15.3 Å². The van der Waals surface area contributed by atoms with Gasteiger partial charge in [-0.1, -0.05) is 30.3 Å². The predicted molar refractivity (Wildman–Crippen MR) is 145 cm³/mol. The van der Waals surface area contributed by atoms with Gasteiger partial charge in [-0.25, -0.2) is 13.4 Å². The number of nitrogens with one attached hydrogen (secondary N) is 3. The van der Waals surface area contributed by atoms with Gasteiger partial charge < -0.3 is 15.7 Å². The number of nitro groups is 1. The molecule has 0 radical (unpaired) electrons. The van der Waals surface area contributed by atoms with E-state index in [0.29, 0.717) is 0 Å². The summed E-state index contributed by atoms with van der Waals surface area (Å²) in [5, 5.41) is 26.4. The van der Waals surface area contributed by atoms with E-state index in [-0.39, 0.29) is 45.6 Å². The summed E-state index contributed by atoms with van der Waals surface area (Å²) in [6.45, 7) is 1.89. The number of nitro benzene ring substituents is 1. The highest BCUT2D eigenvalue weighted by atomic mass is 32.2. The van der Waals surface area contributed by atoms with Crippen LogP contribution in [0.1, 0.15) is 28.9 Å². The molecule has 39 heavy (non-hydrogen) atoms. The number of aromatic nitrogens is 2. The van der Waals surface area contributed by atoms with Gasteiger partial charge in [0.05, 0.1) is 21.4 Å². The topological polar surface area (TPSA) is 176 Å². The lowest BCUT2D eigenvalue weighted by Crippen LogP contribution is -2.17. The van der Waals surface area contributed by atoms with Gasteiger partial charge in [0, 0.05) is 25.4 Å². The summed E-state index contributed by atoms with van der Waals surface area (Å²) in [6.07, 6.45) is 1.40. The Labute approximate surface area is 224 Å². The average Bonchev–Trinajstić information content (AvgIpc) is 2.93. The molecule has 3 aromatic carbocycles. The van der Waals surface area contributed by atoms with Crippen molar-refractivity contribution in [2.45, 2.75) is 17.9 Å². The number of carbonyl (C=O) groups is 1. The van der Waals surface area contributed by atoms with Crippen molar-refractivity contribution < 1.29 is 23.2 Å². The molecule has 1 aromatic heterocycles. The van der Waals surface area contributed by atoms with Gasteiger partial charge in [-0.15, -0.1) is 0 Å². The van der Waals surface area contributed by atoms with Crippen LogP contribution >= 0.6 is 0 Å². The number of aromatic hydroxyl groups is 1. The van der Waals surface area contributed by atoms with Gasteiger partial charge >= 0.3 is 0 Å². The van der Waals surface area contributed by atoms with E-state index in [2.05, 4.69) is 25.3 Å². The third-order valence-electron chi connectivity index (χ3n) is 5.81. The first-order valence-corrected chi connectivity index (χ1v) is 13.1. The summed E-state index contributed by atoms with van der Waals surface area (Å²) in [4.78, 5) is 30.4. The summed E-state index contributed by atoms with van der Waals surface area (Å²) in [6, 6.07) is 18.0. The average molecular weight is 549 g/mol. The molecule has 4 N–H and O–H groups in total. The van der Waals surface area contributed by atoms with E-state index in [4.69, 9.17) is 0 Å². The number of sulfonamides is 1. The molecule has 0 bridgehead atoms. The van der Waals surface area contributed by atoms with Crippen molar-refractivity contribution in [2.75, 3.05) is 17.1 Å². The largest absolute Gasteiger partial charge is 0.507 e. The number of hydrogen-bond donors (Lipinski definition) is 4. The van der Waals surface area contributed by atoms with Crippen LogP contribution in [0, 0.1) is 10.1 Å². The van der Waals surface area contributed by atoms with Gasteiger partial charge in [-0.05, 0) is 53.9 Å². The van der Waals surface area contributed by atoms with Crippen LogP contribution in [0.2, 0.25) is 0 Å². The van der Waals surface area contributed by atoms with E-state index < -0.39 is 14.9 Å². The molecule has 0 aliphatic rings. The van der Waals surface area contributed by atoms with E-state index in [1.165, 1.54) is 25.4 Å². The first-order valence-electron chi connectivity index (χ1n) is 11.6. The number of non-ortho nitro benzene ring substituents is 1. The quantitative estimate of drug-likeness (QED) is 0.177. The minimum absolute atomic E-state index is 0.0210. The number of nitrogens with zero attached hydrogens (tertiary/aromatic N) is 3. The van der Waals surface area contributed by atoms with E-state index in [0.717, 1.165) is 41.0 Å². The van der Waals surface area contributed by atoms with E-state index >= 15 is 0 Å². The summed E-state index contributed by atoms with van der Waals surface area (Å²) in [5.41, 5.74) is 2.45. The van der Waals surface area contributed by atoms with Gasteiger partial charge in [0.2, 0.25) is 5.95 Å². The molecule has 4 rings (SSSR count). The fraction of sp³-hybridized carbons (Fsp3) is 0.115. The molecule has 0 saturated carbocycles. The minimum Gasteiger partial charge on any atom is -0.507 e. The number of benzene rings is 3. The third-order valence-corrected chi connectivity index (χ3v) is 7.18. The maximum Gasteiger partial charge on any atom is 0.269 e. The predicted octanol–water partition coefficient (Wildman–Crippen LogP) is 4.09. The number of phenolic OH excluding ortho intramolecular Hbond substituents is 1. The molecule has 12 nitrogen and oxygen atoms in total. The number of carbonyl (C=O) groups excluding carboxylic acids is 1. The molecule has 0 spiro atoms. The smallest absolute Gasteiger partial charge is 0.269 e. The molecule has 0 aliphatic heterocycles. The number of rotatable bonds is 9. The molecule has 4 aromatic rings. The maximum absolute atomic E-state index is 12.7. The second-order valence-electron chi connectivity index (χ2n) is 8.42. The van der Waals surface area contributed by atoms with Crippen LogP contribution in [0.4, 0.5) is 17.5 Å². The first kappa shape index (κ1) is 27.0. The third kappa shape index (κ3) is 6.27. The van der Waals surface area contributed by atoms with E-state index in [9.17, 15) is 28.4 Å². The fourth-order valence-corrected chi connectivity index (χ4v) is 4.70. The minimum atomic E-state index is -4.03. The van der Waals surface area contributed by atoms with Crippen molar-refractivity contribution in [2.24, 2.45) is 0 Å². The van der Waals surface area contributed by atoms with Crippen molar-refractivity contribution >= 4 is 33.4 Å². The van der Waals surface area contributed by atoms with Crippen LogP contribution < -0.4 is 15.4 Å². The van der Waals surface area contributed by atoms with Crippen molar-refractivity contribution in [3.8, 4) is 16.9 Å². The highest BCUT2D eigenvalue weighted by Gasteiger charge is 2.18. The molecule has 0 unspecified atom stereocenters. The lowest BCUT2D eigenvalue weighted by molar-refractivity contribution is -0.384. The fourth-order valence-electron chi connectivity index (χ4n) is 3.70. The monoisotopic (exact) mass is 548 g/mol. The maximum atomic E-state index is 12.7. The second kappa shape index (κ2) is 11.1. The molecule has 1 heterocycles. The lowest BCUT2D eigenvalue weighted by Gasteiger charge is -2.16. The highest BCUT2D eigenvalue weighted by Crippen LogP contribution is 2.28. The Morgan fingerprint density at radius 1 is 1.00 bits per heavy atom. The van der Waals surface area contributed by atoms with Crippen LogP contribution in [0.15, 0.2) is 83.9 Å². The van der Waals surface area contributed by atoms with Crippen molar-refractivity contribution in [1.29, 1.82) is 0 Å². The molecule has 200 valence electrons. The van der Waals surface area contributed by atoms with Gasteiger partial charge in [-0.3, -0.25) is 19.6 Å².